The molecule has 14 heavy (non-hydrogen) atoms. The van der Waals surface area contributed by atoms with Crippen molar-refractivity contribution in [3.63, 3.8) is 0 Å². The standard InChI is InChI=1S/C11H24N2O/c1-9(2)6-13(3)7-10-8-14-5-4-11(10)12/h9-11H,4-8,12H2,1-3H3. The molecule has 1 aliphatic rings. The predicted octanol–water partition coefficient (Wildman–Crippen LogP) is 0.938. The molecule has 2 N–H and O–H groups in total. The number of hydrogen-bond acceptors (Lipinski definition) is 3. The molecular weight excluding hydrogens is 176 g/mol. The van der Waals surface area contributed by atoms with Gasteiger partial charge in [0.2, 0.25) is 0 Å². The van der Waals surface area contributed by atoms with Gasteiger partial charge in [-0.1, -0.05) is 13.8 Å². The Bertz CT molecular complexity index is 161. The molecule has 0 radical (unpaired) electrons. The summed E-state index contributed by atoms with van der Waals surface area (Å²) in [6, 6.07) is 0.332. The van der Waals surface area contributed by atoms with E-state index in [1.165, 1.54) is 0 Å². The minimum Gasteiger partial charge on any atom is -0.381 e. The smallest absolute Gasteiger partial charge is 0.0521 e. The highest BCUT2D eigenvalue weighted by atomic mass is 16.5. The topological polar surface area (TPSA) is 38.5 Å². The van der Waals surface area contributed by atoms with Crippen LogP contribution in [0.2, 0.25) is 0 Å². The minimum atomic E-state index is 0.332. The molecule has 0 spiro atoms. The monoisotopic (exact) mass is 200 g/mol. The normalized spacial score (nSPS) is 28.7. The number of nitrogens with two attached hydrogens (primary N) is 1. The summed E-state index contributed by atoms with van der Waals surface area (Å²) in [5.74, 6) is 1.24. The summed E-state index contributed by atoms with van der Waals surface area (Å²) < 4.78 is 5.45. The molecule has 1 fully saturated rings. The van der Waals surface area contributed by atoms with Crippen LogP contribution in [0.15, 0.2) is 0 Å². The number of rotatable bonds is 4. The van der Waals surface area contributed by atoms with Crippen molar-refractivity contribution in [2.45, 2.75) is 26.3 Å². The Balaban J connectivity index is 2.27. The molecule has 1 saturated heterocycles. The molecule has 0 aromatic heterocycles. The third-order valence-electron chi connectivity index (χ3n) is 2.76. The van der Waals surface area contributed by atoms with E-state index in [0.29, 0.717) is 12.0 Å². The molecule has 84 valence electrons. The third kappa shape index (κ3) is 3.95. The Kier molecular flexibility index (Phi) is 4.85. The van der Waals surface area contributed by atoms with Crippen LogP contribution in [0.25, 0.3) is 0 Å². The lowest BCUT2D eigenvalue weighted by molar-refractivity contribution is 0.0282. The quantitative estimate of drug-likeness (QED) is 0.734. The van der Waals surface area contributed by atoms with Crippen LogP contribution in [0.3, 0.4) is 0 Å². The Morgan fingerprint density at radius 1 is 1.50 bits per heavy atom. The summed E-state index contributed by atoms with van der Waals surface area (Å²) >= 11 is 0. The minimum absolute atomic E-state index is 0.332. The molecule has 1 heterocycles. The zero-order valence-electron chi connectivity index (χ0n) is 9.70. The van der Waals surface area contributed by atoms with E-state index in [9.17, 15) is 0 Å². The van der Waals surface area contributed by atoms with Gasteiger partial charge in [-0.3, -0.25) is 0 Å². The van der Waals surface area contributed by atoms with Gasteiger partial charge in [0.1, 0.15) is 0 Å². The maximum Gasteiger partial charge on any atom is 0.0521 e. The molecule has 0 aromatic carbocycles. The molecular formula is C11H24N2O. The lowest BCUT2D eigenvalue weighted by Crippen LogP contribution is -2.44. The van der Waals surface area contributed by atoms with Gasteiger partial charge in [0, 0.05) is 31.7 Å². The average Bonchev–Trinajstić information content (AvgIpc) is 2.07. The summed E-state index contributed by atoms with van der Waals surface area (Å²) in [5.41, 5.74) is 6.05. The van der Waals surface area contributed by atoms with E-state index in [0.717, 1.165) is 38.6 Å². The fourth-order valence-corrected chi connectivity index (χ4v) is 2.10. The van der Waals surface area contributed by atoms with Crippen LogP contribution in [-0.4, -0.2) is 44.3 Å². The van der Waals surface area contributed by atoms with Crippen molar-refractivity contribution >= 4 is 0 Å². The summed E-state index contributed by atoms with van der Waals surface area (Å²) in [7, 11) is 2.17. The van der Waals surface area contributed by atoms with Gasteiger partial charge in [0.05, 0.1) is 6.61 Å². The largest absolute Gasteiger partial charge is 0.381 e. The van der Waals surface area contributed by atoms with Crippen LogP contribution in [0.5, 0.6) is 0 Å². The van der Waals surface area contributed by atoms with Crippen molar-refractivity contribution < 1.29 is 4.74 Å². The second kappa shape index (κ2) is 5.69. The van der Waals surface area contributed by atoms with Gasteiger partial charge >= 0.3 is 0 Å². The molecule has 0 aliphatic carbocycles. The fourth-order valence-electron chi connectivity index (χ4n) is 2.10. The Morgan fingerprint density at radius 3 is 2.79 bits per heavy atom. The molecule has 2 atom stereocenters. The van der Waals surface area contributed by atoms with Crippen LogP contribution in [0.1, 0.15) is 20.3 Å². The molecule has 3 heteroatoms. The van der Waals surface area contributed by atoms with E-state index in [-0.39, 0.29) is 0 Å². The van der Waals surface area contributed by atoms with Gasteiger partial charge in [-0.25, -0.2) is 0 Å². The van der Waals surface area contributed by atoms with Gasteiger partial charge in [-0.15, -0.1) is 0 Å². The molecule has 0 amide bonds. The fraction of sp³-hybridized carbons (Fsp3) is 1.00. The predicted molar refractivity (Wildman–Crippen MR) is 59.2 cm³/mol. The molecule has 0 bridgehead atoms. The first kappa shape index (κ1) is 12.0. The maximum absolute atomic E-state index is 6.05. The maximum atomic E-state index is 6.05. The van der Waals surface area contributed by atoms with Gasteiger partial charge < -0.3 is 15.4 Å². The van der Waals surface area contributed by atoms with Gasteiger partial charge in [0.25, 0.3) is 0 Å². The highest BCUT2D eigenvalue weighted by Crippen LogP contribution is 2.14. The van der Waals surface area contributed by atoms with Crippen molar-refractivity contribution in [2.75, 3.05) is 33.4 Å². The Morgan fingerprint density at radius 2 is 2.21 bits per heavy atom. The summed E-state index contributed by atoms with van der Waals surface area (Å²) in [6.45, 7) is 8.37. The summed E-state index contributed by atoms with van der Waals surface area (Å²) in [4.78, 5) is 2.36. The molecule has 1 rings (SSSR count). The molecule has 1 aliphatic heterocycles. The van der Waals surface area contributed by atoms with Crippen molar-refractivity contribution in [1.29, 1.82) is 0 Å². The van der Waals surface area contributed by atoms with Crippen LogP contribution in [0.4, 0.5) is 0 Å². The van der Waals surface area contributed by atoms with Gasteiger partial charge in [0.15, 0.2) is 0 Å². The Labute approximate surface area is 87.6 Å². The third-order valence-corrected chi connectivity index (χ3v) is 2.76. The van der Waals surface area contributed by atoms with Gasteiger partial charge in [-0.2, -0.15) is 0 Å². The molecule has 2 unspecified atom stereocenters. The Hall–Kier alpha value is -0.120. The van der Waals surface area contributed by atoms with Crippen molar-refractivity contribution in [3.05, 3.63) is 0 Å². The van der Waals surface area contributed by atoms with Crippen molar-refractivity contribution in [1.82, 2.24) is 4.90 Å². The second-order valence-corrected chi connectivity index (χ2v) is 4.90. The first-order valence-corrected chi connectivity index (χ1v) is 5.61. The first-order chi connectivity index (χ1) is 6.59. The van der Waals surface area contributed by atoms with E-state index in [2.05, 4.69) is 25.8 Å². The van der Waals surface area contributed by atoms with E-state index < -0.39 is 0 Å². The van der Waals surface area contributed by atoms with Gasteiger partial charge in [-0.05, 0) is 19.4 Å². The summed E-state index contributed by atoms with van der Waals surface area (Å²) in [5, 5.41) is 0. The lowest BCUT2D eigenvalue weighted by atomic mass is 9.96. The molecule has 0 aromatic rings. The van der Waals surface area contributed by atoms with Crippen LogP contribution in [-0.2, 0) is 4.74 Å². The lowest BCUT2D eigenvalue weighted by Gasteiger charge is -2.32. The van der Waals surface area contributed by atoms with Crippen molar-refractivity contribution in [3.8, 4) is 0 Å². The number of ether oxygens (including phenoxy) is 1. The highest BCUT2D eigenvalue weighted by Gasteiger charge is 2.23. The summed E-state index contributed by atoms with van der Waals surface area (Å²) in [6.07, 6.45) is 1.01. The first-order valence-electron chi connectivity index (χ1n) is 5.61. The zero-order valence-corrected chi connectivity index (χ0v) is 9.70. The number of hydrogen-bond donors (Lipinski definition) is 1. The SMILES string of the molecule is CC(C)CN(C)CC1COCCC1N. The van der Waals surface area contributed by atoms with Crippen LogP contribution >= 0.6 is 0 Å². The van der Waals surface area contributed by atoms with E-state index in [1.54, 1.807) is 0 Å². The second-order valence-electron chi connectivity index (χ2n) is 4.90. The van der Waals surface area contributed by atoms with E-state index >= 15 is 0 Å². The van der Waals surface area contributed by atoms with Crippen LogP contribution < -0.4 is 5.73 Å². The average molecular weight is 200 g/mol. The van der Waals surface area contributed by atoms with Crippen LogP contribution in [0, 0.1) is 11.8 Å². The highest BCUT2D eigenvalue weighted by molar-refractivity contribution is 4.78. The molecule has 3 nitrogen and oxygen atoms in total. The number of nitrogens with zero attached hydrogens (tertiary/aromatic N) is 1. The van der Waals surface area contributed by atoms with E-state index in [4.69, 9.17) is 10.5 Å². The van der Waals surface area contributed by atoms with E-state index in [1.807, 2.05) is 0 Å². The van der Waals surface area contributed by atoms with Crippen molar-refractivity contribution in [2.24, 2.45) is 17.6 Å². The molecule has 0 saturated carbocycles. The zero-order chi connectivity index (χ0) is 10.6.